The number of ketones is 2. The molecule has 0 unspecified atom stereocenters. The minimum Gasteiger partial charge on any atom is -0.295 e. The van der Waals surface area contributed by atoms with E-state index in [2.05, 4.69) is 6.92 Å². The lowest BCUT2D eigenvalue weighted by atomic mass is 10.1. The molecule has 0 aliphatic heterocycles. The van der Waals surface area contributed by atoms with Crippen LogP contribution in [0.15, 0.2) is 59.5 Å². The lowest BCUT2D eigenvalue weighted by Gasteiger charge is -2.00. The maximum absolute atomic E-state index is 12.1. The fraction of sp³-hybridized carbons (Fsp3) is 0.158. The molecule has 2 rings (SSSR count). The molecule has 0 N–H and O–H groups in total. The van der Waals surface area contributed by atoms with Crippen molar-refractivity contribution in [2.45, 2.75) is 18.7 Å². The second-order valence-electron chi connectivity index (χ2n) is 4.84. The van der Waals surface area contributed by atoms with Crippen LogP contribution in [0.2, 0.25) is 0 Å². The summed E-state index contributed by atoms with van der Waals surface area (Å²) in [4.78, 5) is 24.7. The fourth-order valence-electron chi connectivity index (χ4n) is 2.01. The number of benzene rings is 2. The molecule has 3 heteroatoms. The minimum absolute atomic E-state index is 0.0191. The molecule has 0 bridgehead atoms. The molecule has 0 aliphatic carbocycles. The van der Waals surface area contributed by atoms with Crippen LogP contribution in [-0.4, -0.2) is 17.3 Å². The topological polar surface area (TPSA) is 34.1 Å². The van der Waals surface area contributed by atoms with Crippen LogP contribution in [0.4, 0.5) is 0 Å². The number of allylic oxidation sites excluding steroid dienone is 1. The summed E-state index contributed by atoms with van der Waals surface area (Å²) in [6.45, 7) is 3.63. The predicted octanol–water partition coefficient (Wildman–Crippen LogP) is 4.90. The Morgan fingerprint density at radius 3 is 2.41 bits per heavy atom. The Morgan fingerprint density at radius 1 is 1.05 bits per heavy atom. The van der Waals surface area contributed by atoms with Crippen molar-refractivity contribution >= 4 is 29.4 Å². The van der Waals surface area contributed by atoms with E-state index < -0.39 is 0 Å². The standard InChI is InChI=1S/C19H18O2S/c1-3-22-18-10-8-16(9-11-18)19(21)12-7-15-5-4-6-17(13-15)14(2)20/h4-13H,3H2,1-2H3/b12-7+. The monoisotopic (exact) mass is 310 g/mol. The Balaban J connectivity index is 2.10. The summed E-state index contributed by atoms with van der Waals surface area (Å²) in [5.74, 6) is 0.992. The first-order valence-electron chi connectivity index (χ1n) is 7.16. The van der Waals surface area contributed by atoms with E-state index >= 15 is 0 Å². The van der Waals surface area contributed by atoms with Gasteiger partial charge in [-0.3, -0.25) is 9.59 Å². The molecule has 2 aromatic rings. The molecule has 22 heavy (non-hydrogen) atoms. The molecule has 0 atom stereocenters. The number of carbonyl (C=O) groups is 2. The van der Waals surface area contributed by atoms with Crippen LogP contribution in [-0.2, 0) is 0 Å². The Kier molecular flexibility index (Phi) is 5.73. The van der Waals surface area contributed by atoms with Gasteiger partial charge in [0.1, 0.15) is 0 Å². The van der Waals surface area contributed by atoms with E-state index in [-0.39, 0.29) is 11.6 Å². The van der Waals surface area contributed by atoms with E-state index in [1.54, 1.807) is 36.0 Å². The molecule has 0 saturated heterocycles. The number of Topliss-reactive ketones (excluding diaryl/α,β-unsaturated/α-hetero) is 1. The summed E-state index contributed by atoms with van der Waals surface area (Å²) < 4.78 is 0. The lowest BCUT2D eigenvalue weighted by molar-refractivity contribution is 0.101. The maximum Gasteiger partial charge on any atom is 0.185 e. The van der Waals surface area contributed by atoms with Crippen LogP contribution in [0.25, 0.3) is 6.08 Å². The lowest BCUT2D eigenvalue weighted by Crippen LogP contribution is -1.94. The second-order valence-corrected chi connectivity index (χ2v) is 6.17. The van der Waals surface area contributed by atoms with E-state index in [0.717, 1.165) is 16.2 Å². The van der Waals surface area contributed by atoms with Gasteiger partial charge in [0.15, 0.2) is 11.6 Å². The smallest absolute Gasteiger partial charge is 0.185 e. The first-order chi connectivity index (χ1) is 10.6. The summed E-state index contributed by atoms with van der Waals surface area (Å²) in [7, 11) is 0. The molecular weight excluding hydrogens is 292 g/mol. The van der Waals surface area contributed by atoms with E-state index in [0.29, 0.717) is 11.1 Å². The number of thioether (sulfide) groups is 1. The third-order valence-electron chi connectivity index (χ3n) is 3.17. The van der Waals surface area contributed by atoms with Crippen LogP contribution in [0.1, 0.15) is 40.1 Å². The first-order valence-corrected chi connectivity index (χ1v) is 8.15. The molecule has 2 aromatic carbocycles. The van der Waals surface area contributed by atoms with Crippen molar-refractivity contribution < 1.29 is 9.59 Å². The summed E-state index contributed by atoms with van der Waals surface area (Å²) in [5, 5.41) is 0. The predicted molar refractivity (Wildman–Crippen MR) is 92.7 cm³/mol. The Bertz CT molecular complexity index is 700. The van der Waals surface area contributed by atoms with Crippen LogP contribution < -0.4 is 0 Å². The fourth-order valence-corrected chi connectivity index (χ4v) is 2.67. The normalized spacial score (nSPS) is 10.8. The third kappa shape index (κ3) is 4.43. The third-order valence-corrected chi connectivity index (χ3v) is 4.06. The molecule has 0 aliphatic rings. The van der Waals surface area contributed by atoms with Crippen molar-refractivity contribution in [3.05, 3.63) is 71.3 Å². The largest absolute Gasteiger partial charge is 0.295 e. The highest BCUT2D eigenvalue weighted by Gasteiger charge is 2.03. The zero-order chi connectivity index (χ0) is 15.9. The molecular formula is C19H18O2S. The summed E-state index contributed by atoms with van der Waals surface area (Å²) >= 11 is 1.75. The van der Waals surface area contributed by atoms with Crippen molar-refractivity contribution in [2.24, 2.45) is 0 Å². The Morgan fingerprint density at radius 2 is 1.77 bits per heavy atom. The number of hydrogen-bond acceptors (Lipinski definition) is 3. The van der Waals surface area contributed by atoms with Crippen molar-refractivity contribution in [1.82, 2.24) is 0 Å². The van der Waals surface area contributed by atoms with E-state index in [9.17, 15) is 9.59 Å². The average Bonchev–Trinajstić information content (AvgIpc) is 2.54. The van der Waals surface area contributed by atoms with Crippen LogP contribution in [0.3, 0.4) is 0 Å². The zero-order valence-electron chi connectivity index (χ0n) is 12.7. The van der Waals surface area contributed by atoms with E-state index in [4.69, 9.17) is 0 Å². The van der Waals surface area contributed by atoms with Gasteiger partial charge in [0.05, 0.1) is 0 Å². The highest BCUT2D eigenvalue weighted by molar-refractivity contribution is 7.99. The van der Waals surface area contributed by atoms with Gasteiger partial charge < -0.3 is 0 Å². The highest BCUT2D eigenvalue weighted by atomic mass is 32.2. The van der Waals surface area contributed by atoms with Gasteiger partial charge in [0, 0.05) is 16.0 Å². The molecule has 0 spiro atoms. The quantitative estimate of drug-likeness (QED) is 0.432. The SMILES string of the molecule is CCSc1ccc(C(=O)/C=C/c2cccc(C(C)=O)c2)cc1. The van der Waals surface area contributed by atoms with Crippen LogP contribution >= 0.6 is 11.8 Å². The van der Waals surface area contributed by atoms with Crippen LogP contribution in [0.5, 0.6) is 0 Å². The van der Waals surface area contributed by atoms with Crippen molar-refractivity contribution in [2.75, 3.05) is 5.75 Å². The zero-order valence-corrected chi connectivity index (χ0v) is 13.5. The number of rotatable bonds is 6. The van der Waals surface area contributed by atoms with Gasteiger partial charge in [0.2, 0.25) is 0 Å². The van der Waals surface area contributed by atoms with Crippen LogP contribution in [0, 0.1) is 0 Å². The summed E-state index contributed by atoms with van der Waals surface area (Å²) in [5.41, 5.74) is 2.16. The van der Waals surface area contributed by atoms with E-state index in [1.165, 1.54) is 6.92 Å². The maximum atomic E-state index is 12.1. The molecule has 0 fully saturated rings. The van der Waals surface area contributed by atoms with Gasteiger partial charge in [-0.15, -0.1) is 11.8 Å². The highest BCUT2D eigenvalue weighted by Crippen LogP contribution is 2.18. The molecule has 2 nitrogen and oxygen atoms in total. The van der Waals surface area contributed by atoms with Crippen molar-refractivity contribution in [1.29, 1.82) is 0 Å². The summed E-state index contributed by atoms with van der Waals surface area (Å²) in [6.07, 6.45) is 3.28. The number of carbonyl (C=O) groups excluding carboxylic acids is 2. The van der Waals surface area contributed by atoms with Crippen molar-refractivity contribution in [3.63, 3.8) is 0 Å². The summed E-state index contributed by atoms with van der Waals surface area (Å²) in [6, 6.07) is 14.9. The molecule has 0 aromatic heterocycles. The average molecular weight is 310 g/mol. The molecule has 0 radical (unpaired) electrons. The molecule has 0 heterocycles. The van der Waals surface area contributed by atoms with Gasteiger partial charge in [-0.05, 0) is 54.6 Å². The molecule has 112 valence electrons. The van der Waals surface area contributed by atoms with Gasteiger partial charge in [-0.25, -0.2) is 0 Å². The minimum atomic E-state index is -0.0405. The second kappa shape index (κ2) is 7.76. The Labute approximate surface area is 135 Å². The van der Waals surface area contributed by atoms with E-state index in [1.807, 2.05) is 36.4 Å². The van der Waals surface area contributed by atoms with Gasteiger partial charge in [-0.1, -0.05) is 31.2 Å². The first kappa shape index (κ1) is 16.2. The Hall–Kier alpha value is -2.13. The number of hydrogen-bond donors (Lipinski definition) is 0. The van der Waals surface area contributed by atoms with Gasteiger partial charge >= 0.3 is 0 Å². The molecule has 0 amide bonds. The van der Waals surface area contributed by atoms with Crippen molar-refractivity contribution in [3.8, 4) is 0 Å². The molecule has 0 saturated carbocycles. The van der Waals surface area contributed by atoms with Gasteiger partial charge in [-0.2, -0.15) is 0 Å². The van der Waals surface area contributed by atoms with Gasteiger partial charge in [0.25, 0.3) is 0 Å².